The first-order valence-corrected chi connectivity index (χ1v) is 11.4. The molecule has 32 heavy (non-hydrogen) atoms. The van der Waals surface area contributed by atoms with Crippen molar-refractivity contribution in [2.45, 2.75) is 25.0 Å². The molecule has 0 amide bonds. The number of rotatable bonds is 6. The Hall–Kier alpha value is -3.21. The van der Waals surface area contributed by atoms with Gasteiger partial charge in [-0.05, 0) is 43.0 Å². The van der Waals surface area contributed by atoms with Gasteiger partial charge in [0, 0.05) is 24.0 Å². The topological polar surface area (TPSA) is 52.1 Å². The summed E-state index contributed by atoms with van der Waals surface area (Å²) in [6.07, 6.45) is 3.83. The van der Waals surface area contributed by atoms with Gasteiger partial charge in [0.25, 0.3) is 0 Å². The van der Waals surface area contributed by atoms with Crippen LogP contribution in [0.2, 0.25) is 0 Å². The molecule has 1 aliphatic rings. The number of piperidine rings is 1. The van der Waals surface area contributed by atoms with Crippen LogP contribution in [0.4, 0.5) is 0 Å². The Morgan fingerprint density at radius 2 is 1.34 bits per heavy atom. The average Bonchev–Trinajstić information content (AvgIpc) is 3.34. The number of nitrogens with one attached hydrogen (secondary N) is 1. The van der Waals surface area contributed by atoms with Crippen molar-refractivity contribution in [3.05, 3.63) is 114 Å². The number of H-pyrrole nitrogens is 1. The third-order valence-electron chi connectivity index (χ3n) is 6.68. The number of aromatic amines is 1. The first kappa shape index (κ1) is 20.7. The van der Waals surface area contributed by atoms with Gasteiger partial charge in [-0.2, -0.15) is 0 Å². The van der Waals surface area contributed by atoms with Gasteiger partial charge in [-0.1, -0.05) is 91.0 Å². The summed E-state index contributed by atoms with van der Waals surface area (Å²) in [5.74, 6) is 1.09. The molecule has 5 rings (SSSR count). The van der Waals surface area contributed by atoms with Gasteiger partial charge in [0.1, 0.15) is 11.4 Å². The molecule has 4 heteroatoms. The lowest BCUT2D eigenvalue weighted by atomic mass is 9.72. The molecule has 3 aromatic carbocycles. The quantitative estimate of drug-likeness (QED) is 0.447. The molecule has 0 spiro atoms. The van der Waals surface area contributed by atoms with Crippen molar-refractivity contribution in [2.24, 2.45) is 5.92 Å². The Bertz CT molecular complexity index is 1080. The summed E-state index contributed by atoms with van der Waals surface area (Å²) in [5, 5.41) is 12.0. The Kier molecular flexibility index (Phi) is 5.89. The molecule has 0 atom stereocenters. The van der Waals surface area contributed by atoms with Crippen LogP contribution in [0.1, 0.15) is 29.7 Å². The summed E-state index contributed by atoms with van der Waals surface area (Å²) < 4.78 is 0. The number of aromatic nitrogens is 2. The molecular weight excluding hydrogens is 394 g/mol. The zero-order chi connectivity index (χ0) is 21.8. The minimum Gasteiger partial charge on any atom is -0.380 e. The van der Waals surface area contributed by atoms with Crippen molar-refractivity contribution in [2.75, 3.05) is 13.1 Å². The lowest BCUT2D eigenvalue weighted by molar-refractivity contribution is -0.0154. The monoisotopic (exact) mass is 423 g/mol. The maximum absolute atomic E-state index is 12.0. The van der Waals surface area contributed by atoms with Crippen LogP contribution in [0.25, 0.3) is 11.4 Å². The maximum atomic E-state index is 12.0. The predicted molar refractivity (Wildman–Crippen MR) is 128 cm³/mol. The Labute approximate surface area is 189 Å². The number of hydrogen-bond donors (Lipinski definition) is 2. The second-order valence-electron chi connectivity index (χ2n) is 8.67. The predicted octanol–water partition coefficient (Wildman–Crippen LogP) is 5.22. The van der Waals surface area contributed by atoms with Gasteiger partial charge < -0.3 is 10.1 Å². The van der Waals surface area contributed by atoms with E-state index in [-0.39, 0.29) is 5.92 Å². The molecule has 0 aliphatic carbocycles. The van der Waals surface area contributed by atoms with Gasteiger partial charge in [0.2, 0.25) is 0 Å². The molecule has 0 unspecified atom stereocenters. The van der Waals surface area contributed by atoms with Crippen molar-refractivity contribution in [3.8, 4) is 11.4 Å². The molecule has 1 fully saturated rings. The van der Waals surface area contributed by atoms with Crippen molar-refractivity contribution >= 4 is 0 Å². The minimum atomic E-state index is -0.969. The lowest BCUT2D eigenvalue weighted by Crippen LogP contribution is -2.44. The number of hydrogen-bond acceptors (Lipinski definition) is 3. The van der Waals surface area contributed by atoms with E-state index in [0.717, 1.165) is 60.7 Å². The number of imidazole rings is 1. The highest BCUT2D eigenvalue weighted by Crippen LogP contribution is 2.42. The van der Waals surface area contributed by atoms with Crippen LogP contribution in [-0.2, 0) is 12.1 Å². The molecule has 2 N–H and O–H groups in total. The standard InChI is InChI=1S/C28H29N3O/c32-28(23-12-6-2-7-13-23,24-14-8-3-9-15-24)25-16-18-31(19-17-25)21-26-20-29-27(30-26)22-10-4-1-5-11-22/h1-15,20,25,32H,16-19,21H2,(H,29,30). The molecular formula is C28H29N3O. The lowest BCUT2D eigenvalue weighted by Gasteiger charge is -2.42. The Morgan fingerprint density at radius 3 is 1.91 bits per heavy atom. The normalized spacial score (nSPS) is 15.7. The molecule has 1 saturated heterocycles. The summed E-state index contributed by atoms with van der Waals surface area (Å²) in [7, 11) is 0. The van der Waals surface area contributed by atoms with E-state index in [1.807, 2.05) is 60.8 Å². The molecule has 0 saturated carbocycles. The summed E-state index contributed by atoms with van der Waals surface area (Å²) >= 11 is 0. The van der Waals surface area contributed by atoms with E-state index < -0.39 is 5.60 Å². The van der Waals surface area contributed by atoms with Gasteiger partial charge in [-0.3, -0.25) is 4.90 Å². The Balaban J connectivity index is 1.29. The summed E-state index contributed by atoms with van der Waals surface area (Å²) in [4.78, 5) is 10.5. The maximum Gasteiger partial charge on any atom is 0.137 e. The van der Waals surface area contributed by atoms with Gasteiger partial charge in [0.15, 0.2) is 0 Å². The zero-order valence-corrected chi connectivity index (χ0v) is 18.2. The average molecular weight is 424 g/mol. The smallest absolute Gasteiger partial charge is 0.137 e. The molecule has 1 aromatic heterocycles. The summed E-state index contributed by atoms with van der Waals surface area (Å²) in [5.41, 5.74) is 3.22. The van der Waals surface area contributed by atoms with Crippen LogP contribution < -0.4 is 0 Å². The fourth-order valence-electron chi connectivity index (χ4n) is 4.95. The Morgan fingerprint density at radius 1 is 0.812 bits per heavy atom. The van der Waals surface area contributed by atoms with Crippen LogP contribution >= 0.6 is 0 Å². The van der Waals surface area contributed by atoms with E-state index in [1.54, 1.807) is 0 Å². The van der Waals surface area contributed by atoms with E-state index >= 15 is 0 Å². The fraction of sp³-hybridized carbons (Fsp3) is 0.250. The van der Waals surface area contributed by atoms with Crippen molar-refractivity contribution in [3.63, 3.8) is 0 Å². The van der Waals surface area contributed by atoms with Crippen LogP contribution in [0.3, 0.4) is 0 Å². The van der Waals surface area contributed by atoms with Crippen LogP contribution in [0.15, 0.2) is 97.2 Å². The largest absolute Gasteiger partial charge is 0.380 e. The van der Waals surface area contributed by atoms with Crippen molar-refractivity contribution < 1.29 is 5.11 Å². The zero-order valence-electron chi connectivity index (χ0n) is 18.2. The SMILES string of the molecule is OC(c1ccccc1)(c1ccccc1)C1CCN(Cc2cnc(-c3ccccc3)[nH]2)CC1. The van der Waals surface area contributed by atoms with Gasteiger partial charge in [-0.15, -0.1) is 0 Å². The van der Waals surface area contributed by atoms with Crippen LogP contribution in [-0.4, -0.2) is 33.1 Å². The van der Waals surface area contributed by atoms with Gasteiger partial charge >= 0.3 is 0 Å². The molecule has 162 valence electrons. The fourth-order valence-corrected chi connectivity index (χ4v) is 4.95. The number of likely N-dealkylation sites (tertiary alicyclic amines) is 1. The third-order valence-corrected chi connectivity index (χ3v) is 6.68. The second-order valence-corrected chi connectivity index (χ2v) is 8.67. The summed E-state index contributed by atoms with van der Waals surface area (Å²) in [6.45, 7) is 2.75. The molecule has 2 heterocycles. The number of benzene rings is 3. The number of nitrogens with zero attached hydrogens (tertiary/aromatic N) is 2. The highest BCUT2D eigenvalue weighted by molar-refractivity contribution is 5.54. The molecule has 4 aromatic rings. The molecule has 0 bridgehead atoms. The second kappa shape index (κ2) is 9.11. The summed E-state index contributed by atoms with van der Waals surface area (Å²) in [6, 6.07) is 30.5. The highest BCUT2D eigenvalue weighted by Gasteiger charge is 2.41. The van der Waals surface area contributed by atoms with E-state index in [9.17, 15) is 5.11 Å². The van der Waals surface area contributed by atoms with Crippen molar-refractivity contribution in [1.29, 1.82) is 0 Å². The van der Waals surface area contributed by atoms with E-state index in [0.29, 0.717) is 0 Å². The van der Waals surface area contributed by atoms with Gasteiger partial charge in [-0.25, -0.2) is 4.98 Å². The minimum absolute atomic E-state index is 0.171. The van der Waals surface area contributed by atoms with E-state index in [4.69, 9.17) is 0 Å². The molecule has 1 aliphatic heterocycles. The third kappa shape index (κ3) is 4.12. The van der Waals surface area contributed by atoms with E-state index in [1.165, 1.54) is 0 Å². The van der Waals surface area contributed by atoms with Crippen LogP contribution in [0.5, 0.6) is 0 Å². The van der Waals surface area contributed by atoms with Gasteiger partial charge in [0.05, 0.1) is 0 Å². The first-order valence-electron chi connectivity index (χ1n) is 11.4. The number of aliphatic hydroxyl groups is 1. The van der Waals surface area contributed by atoms with Crippen molar-refractivity contribution in [1.82, 2.24) is 14.9 Å². The first-order chi connectivity index (χ1) is 15.7. The van der Waals surface area contributed by atoms with Crippen LogP contribution in [0, 0.1) is 5.92 Å². The molecule has 0 radical (unpaired) electrons. The molecule has 4 nitrogen and oxygen atoms in total. The van der Waals surface area contributed by atoms with E-state index in [2.05, 4.69) is 51.3 Å². The highest BCUT2D eigenvalue weighted by atomic mass is 16.3.